The Kier molecular flexibility index (Phi) is 3.54. The number of aryl methyl sites for hydroxylation is 1. The van der Waals surface area contributed by atoms with E-state index >= 15 is 0 Å². The summed E-state index contributed by atoms with van der Waals surface area (Å²) in [5.74, 6) is 0.570. The average molecular weight is 236 g/mol. The van der Waals surface area contributed by atoms with E-state index in [2.05, 4.69) is 30.8 Å². The third kappa shape index (κ3) is 2.11. The SMILES string of the molecule is Cc1c(C2C(CN)CCN2C(C)C)cnn1C. The molecule has 2 N–H and O–H groups in total. The maximum absolute atomic E-state index is 5.93. The summed E-state index contributed by atoms with van der Waals surface area (Å²) in [5, 5.41) is 4.37. The Morgan fingerprint density at radius 1 is 1.53 bits per heavy atom. The molecule has 1 aromatic heterocycles. The number of nitrogens with zero attached hydrogens (tertiary/aromatic N) is 3. The molecule has 4 heteroatoms. The maximum atomic E-state index is 5.93. The Morgan fingerprint density at radius 2 is 2.24 bits per heavy atom. The van der Waals surface area contributed by atoms with E-state index in [4.69, 9.17) is 5.73 Å². The molecule has 0 aromatic carbocycles. The first kappa shape index (κ1) is 12.6. The second-order valence-electron chi connectivity index (χ2n) is 5.37. The summed E-state index contributed by atoms with van der Waals surface area (Å²) in [6.07, 6.45) is 3.22. The number of aromatic nitrogens is 2. The molecule has 2 atom stereocenters. The molecule has 2 rings (SSSR count). The van der Waals surface area contributed by atoms with Crippen LogP contribution in [0, 0.1) is 12.8 Å². The molecule has 1 aromatic rings. The Hall–Kier alpha value is -0.870. The van der Waals surface area contributed by atoms with Crippen molar-refractivity contribution in [2.24, 2.45) is 18.7 Å². The van der Waals surface area contributed by atoms with E-state index in [1.165, 1.54) is 17.7 Å². The summed E-state index contributed by atoms with van der Waals surface area (Å²) in [4.78, 5) is 2.56. The molecule has 17 heavy (non-hydrogen) atoms. The van der Waals surface area contributed by atoms with Crippen molar-refractivity contribution < 1.29 is 0 Å². The van der Waals surface area contributed by atoms with Crippen LogP contribution in [0.15, 0.2) is 6.20 Å². The quantitative estimate of drug-likeness (QED) is 0.864. The van der Waals surface area contributed by atoms with Crippen molar-refractivity contribution in [3.63, 3.8) is 0 Å². The van der Waals surface area contributed by atoms with E-state index < -0.39 is 0 Å². The molecule has 0 bridgehead atoms. The lowest BCUT2D eigenvalue weighted by Gasteiger charge is -2.31. The molecule has 2 unspecified atom stereocenters. The van der Waals surface area contributed by atoms with Crippen LogP contribution in [0.1, 0.15) is 37.6 Å². The molecule has 1 aliphatic rings. The number of rotatable bonds is 3. The molecule has 0 radical (unpaired) electrons. The molecule has 0 aliphatic carbocycles. The summed E-state index contributed by atoms with van der Waals surface area (Å²) < 4.78 is 1.96. The van der Waals surface area contributed by atoms with Gasteiger partial charge in [0.05, 0.1) is 6.20 Å². The van der Waals surface area contributed by atoms with Crippen LogP contribution in [0.5, 0.6) is 0 Å². The first-order valence-corrected chi connectivity index (χ1v) is 6.50. The normalized spacial score (nSPS) is 26.0. The molecular formula is C13H24N4. The van der Waals surface area contributed by atoms with Crippen molar-refractivity contribution in [3.05, 3.63) is 17.5 Å². The third-order valence-corrected chi connectivity index (χ3v) is 4.12. The van der Waals surface area contributed by atoms with Crippen LogP contribution in [0.3, 0.4) is 0 Å². The molecular weight excluding hydrogens is 212 g/mol. The molecule has 0 amide bonds. The van der Waals surface area contributed by atoms with Crippen LogP contribution < -0.4 is 5.73 Å². The van der Waals surface area contributed by atoms with Crippen molar-refractivity contribution in [1.82, 2.24) is 14.7 Å². The highest BCUT2D eigenvalue weighted by Gasteiger charge is 2.37. The lowest BCUT2D eigenvalue weighted by molar-refractivity contribution is 0.184. The van der Waals surface area contributed by atoms with Crippen molar-refractivity contribution >= 4 is 0 Å². The maximum Gasteiger partial charge on any atom is 0.0540 e. The van der Waals surface area contributed by atoms with Gasteiger partial charge in [0, 0.05) is 30.4 Å². The summed E-state index contributed by atoms with van der Waals surface area (Å²) in [7, 11) is 2.00. The topological polar surface area (TPSA) is 47.1 Å². The van der Waals surface area contributed by atoms with E-state index in [1.54, 1.807) is 0 Å². The van der Waals surface area contributed by atoms with Gasteiger partial charge < -0.3 is 5.73 Å². The molecule has 4 nitrogen and oxygen atoms in total. The Labute approximate surface area is 104 Å². The van der Waals surface area contributed by atoms with E-state index in [1.807, 2.05) is 17.9 Å². The minimum absolute atomic E-state index is 0.452. The van der Waals surface area contributed by atoms with Gasteiger partial charge in [-0.15, -0.1) is 0 Å². The summed E-state index contributed by atoms with van der Waals surface area (Å²) in [6, 6.07) is 1.02. The first-order valence-electron chi connectivity index (χ1n) is 6.50. The van der Waals surface area contributed by atoms with Crippen LogP contribution in [0.25, 0.3) is 0 Å². The lowest BCUT2D eigenvalue weighted by Crippen LogP contribution is -2.33. The fraction of sp³-hybridized carbons (Fsp3) is 0.769. The van der Waals surface area contributed by atoms with Gasteiger partial charge in [0.25, 0.3) is 0 Å². The number of hydrogen-bond acceptors (Lipinski definition) is 3. The summed E-state index contributed by atoms with van der Waals surface area (Å²) >= 11 is 0. The van der Waals surface area contributed by atoms with E-state index in [9.17, 15) is 0 Å². The minimum Gasteiger partial charge on any atom is -0.330 e. The monoisotopic (exact) mass is 236 g/mol. The molecule has 2 heterocycles. The highest BCUT2D eigenvalue weighted by atomic mass is 15.3. The van der Waals surface area contributed by atoms with Gasteiger partial charge in [0.15, 0.2) is 0 Å². The Morgan fingerprint density at radius 3 is 2.71 bits per heavy atom. The molecule has 1 aliphatic heterocycles. The fourth-order valence-electron chi connectivity index (χ4n) is 2.95. The number of nitrogens with two attached hydrogens (primary N) is 1. The van der Waals surface area contributed by atoms with Crippen molar-refractivity contribution in [2.45, 2.75) is 39.3 Å². The minimum atomic E-state index is 0.452. The molecule has 1 fully saturated rings. The molecule has 0 spiro atoms. The average Bonchev–Trinajstić information content (AvgIpc) is 2.84. The largest absolute Gasteiger partial charge is 0.330 e. The second kappa shape index (κ2) is 4.78. The number of hydrogen-bond donors (Lipinski definition) is 1. The highest BCUT2D eigenvalue weighted by Crippen LogP contribution is 2.39. The Balaban J connectivity index is 2.34. The lowest BCUT2D eigenvalue weighted by atomic mass is 9.94. The van der Waals surface area contributed by atoms with Gasteiger partial charge in [-0.1, -0.05) is 0 Å². The van der Waals surface area contributed by atoms with Crippen LogP contribution in [-0.2, 0) is 7.05 Å². The zero-order valence-electron chi connectivity index (χ0n) is 11.3. The van der Waals surface area contributed by atoms with Gasteiger partial charge >= 0.3 is 0 Å². The van der Waals surface area contributed by atoms with Gasteiger partial charge in [-0.3, -0.25) is 9.58 Å². The summed E-state index contributed by atoms with van der Waals surface area (Å²) in [5.41, 5.74) is 8.55. The van der Waals surface area contributed by atoms with Gasteiger partial charge in [0.2, 0.25) is 0 Å². The van der Waals surface area contributed by atoms with Crippen LogP contribution in [0.2, 0.25) is 0 Å². The third-order valence-electron chi connectivity index (χ3n) is 4.12. The van der Waals surface area contributed by atoms with Crippen LogP contribution in [0.4, 0.5) is 0 Å². The van der Waals surface area contributed by atoms with Crippen molar-refractivity contribution in [3.8, 4) is 0 Å². The fourth-order valence-corrected chi connectivity index (χ4v) is 2.95. The van der Waals surface area contributed by atoms with Crippen LogP contribution in [-0.4, -0.2) is 33.8 Å². The smallest absolute Gasteiger partial charge is 0.0540 e. The van der Waals surface area contributed by atoms with Crippen molar-refractivity contribution in [2.75, 3.05) is 13.1 Å². The standard InChI is InChI=1S/C13H24N4/c1-9(2)17-6-5-11(7-14)13(17)12-8-15-16(4)10(12)3/h8-9,11,13H,5-7,14H2,1-4H3. The molecule has 0 saturated carbocycles. The van der Waals surface area contributed by atoms with Crippen molar-refractivity contribution in [1.29, 1.82) is 0 Å². The zero-order valence-corrected chi connectivity index (χ0v) is 11.3. The van der Waals surface area contributed by atoms with E-state index in [-0.39, 0.29) is 0 Å². The van der Waals surface area contributed by atoms with Crippen LogP contribution >= 0.6 is 0 Å². The van der Waals surface area contributed by atoms with Gasteiger partial charge in [-0.25, -0.2) is 0 Å². The van der Waals surface area contributed by atoms with E-state index in [0.717, 1.165) is 13.1 Å². The first-order chi connectivity index (χ1) is 8.06. The van der Waals surface area contributed by atoms with E-state index in [0.29, 0.717) is 18.0 Å². The predicted molar refractivity (Wildman–Crippen MR) is 69.7 cm³/mol. The van der Waals surface area contributed by atoms with Gasteiger partial charge in [0.1, 0.15) is 0 Å². The zero-order chi connectivity index (χ0) is 12.6. The molecule has 1 saturated heterocycles. The molecule has 96 valence electrons. The van der Waals surface area contributed by atoms with Gasteiger partial charge in [-0.05, 0) is 46.2 Å². The summed E-state index contributed by atoms with van der Waals surface area (Å²) in [6.45, 7) is 8.59. The Bertz CT molecular complexity index is 383. The second-order valence-corrected chi connectivity index (χ2v) is 5.37. The highest BCUT2D eigenvalue weighted by molar-refractivity contribution is 5.23. The van der Waals surface area contributed by atoms with Gasteiger partial charge in [-0.2, -0.15) is 5.10 Å². The predicted octanol–water partition coefficient (Wildman–Crippen LogP) is 1.46. The number of likely N-dealkylation sites (tertiary alicyclic amines) is 1.